The molecule has 2 rings (SSSR count). The van der Waals surface area contributed by atoms with Crippen LogP contribution in [0.4, 0.5) is 0 Å². The summed E-state index contributed by atoms with van der Waals surface area (Å²) in [6.07, 6.45) is 0.782. The zero-order valence-corrected chi connectivity index (χ0v) is 19.6. The molecule has 0 spiro atoms. The summed E-state index contributed by atoms with van der Waals surface area (Å²) < 4.78 is 16.1. The summed E-state index contributed by atoms with van der Waals surface area (Å²) in [4.78, 5) is 4.57. The highest BCUT2D eigenvalue weighted by Crippen LogP contribution is 2.24. The van der Waals surface area contributed by atoms with E-state index in [0.29, 0.717) is 19.0 Å². The predicted molar refractivity (Wildman–Crippen MR) is 122 cm³/mol. The molecule has 0 fully saturated rings. The summed E-state index contributed by atoms with van der Waals surface area (Å²) in [5, 5.41) is 10.6. The maximum absolute atomic E-state index is 5.43. The Bertz CT molecular complexity index is 747. The Morgan fingerprint density at radius 3 is 2.57 bits per heavy atom. The highest BCUT2D eigenvalue weighted by molar-refractivity contribution is 14.0. The van der Waals surface area contributed by atoms with Crippen molar-refractivity contribution in [3.63, 3.8) is 0 Å². The molecule has 156 valence electrons. The standard InChI is InChI=1S/C20H30N4O3.HI/c1-6-21-20(23-13-17-12-18(14(2)3)24-27-17)22-10-9-15-11-16(25-4)7-8-19(15)26-5;/h7-8,11-12,14H,6,9-10,13H2,1-5H3,(H2,21,22,23);1H. The number of ether oxygens (including phenoxy) is 2. The van der Waals surface area contributed by atoms with Gasteiger partial charge in [-0.15, -0.1) is 24.0 Å². The molecule has 2 N–H and O–H groups in total. The average molecular weight is 502 g/mol. The van der Waals surface area contributed by atoms with Crippen molar-refractivity contribution >= 4 is 29.9 Å². The molecule has 0 aliphatic heterocycles. The molecular weight excluding hydrogens is 471 g/mol. The molecule has 0 saturated heterocycles. The first-order valence-corrected chi connectivity index (χ1v) is 9.25. The van der Waals surface area contributed by atoms with Gasteiger partial charge >= 0.3 is 0 Å². The van der Waals surface area contributed by atoms with Crippen LogP contribution in [0, 0.1) is 0 Å². The molecule has 7 nitrogen and oxygen atoms in total. The summed E-state index contributed by atoms with van der Waals surface area (Å²) in [6.45, 7) is 8.14. The van der Waals surface area contributed by atoms with E-state index < -0.39 is 0 Å². The molecule has 0 amide bonds. The summed E-state index contributed by atoms with van der Waals surface area (Å²) in [6, 6.07) is 7.76. The van der Waals surface area contributed by atoms with Gasteiger partial charge in [0.2, 0.25) is 0 Å². The number of nitrogens with one attached hydrogen (secondary N) is 2. The zero-order valence-electron chi connectivity index (χ0n) is 17.2. The summed E-state index contributed by atoms with van der Waals surface area (Å²) in [5.41, 5.74) is 2.03. The van der Waals surface area contributed by atoms with Gasteiger partial charge in [0.15, 0.2) is 11.7 Å². The van der Waals surface area contributed by atoms with Crippen molar-refractivity contribution in [3.8, 4) is 11.5 Å². The van der Waals surface area contributed by atoms with Gasteiger partial charge in [-0.25, -0.2) is 4.99 Å². The minimum atomic E-state index is 0. The van der Waals surface area contributed by atoms with Gasteiger partial charge in [-0.05, 0) is 43.0 Å². The van der Waals surface area contributed by atoms with Crippen molar-refractivity contribution in [2.24, 2.45) is 4.99 Å². The molecular formula is C20H31IN4O3. The topological polar surface area (TPSA) is 80.9 Å². The third-order valence-electron chi connectivity index (χ3n) is 4.08. The van der Waals surface area contributed by atoms with Crippen molar-refractivity contribution in [1.82, 2.24) is 15.8 Å². The van der Waals surface area contributed by atoms with E-state index in [-0.39, 0.29) is 24.0 Å². The molecule has 28 heavy (non-hydrogen) atoms. The fourth-order valence-electron chi connectivity index (χ4n) is 2.57. The van der Waals surface area contributed by atoms with Crippen LogP contribution in [0.1, 0.15) is 43.7 Å². The van der Waals surface area contributed by atoms with Crippen LogP contribution in [-0.4, -0.2) is 38.4 Å². The molecule has 0 aliphatic carbocycles. The van der Waals surface area contributed by atoms with Crippen molar-refractivity contribution in [3.05, 3.63) is 41.3 Å². The second kappa shape index (κ2) is 12.5. The van der Waals surface area contributed by atoms with Gasteiger partial charge in [-0.1, -0.05) is 19.0 Å². The SMILES string of the molecule is CCNC(=NCc1cc(C(C)C)no1)NCCc1cc(OC)ccc1OC.I. The minimum absolute atomic E-state index is 0. The van der Waals surface area contributed by atoms with Crippen molar-refractivity contribution < 1.29 is 14.0 Å². The monoisotopic (exact) mass is 502 g/mol. The lowest BCUT2D eigenvalue weighted by Crippen LogP contribution is -2.38. The van der Waals surface area contributed by atoms with Gasteiger partial charge in [0.05, 0.1) is 19.9 Å². The van der Waals surface area contributed by atoms with Crippen LogP contribution in [0.5, 0.6) is 11.5 Å². The lowest BCUT2D eigenvalue weighted by molar-refractivity contribution is 0.376. The van der Waals surface area contributed by atoms with Crippen LogP contribution in [0.25, 0.3) is 0 Å². The lowest BCUT2D eigenvalue weighted by atomic mass is 10.1. The number of guanidine groups is 1. The Morgan fingerprint density at radius 1 is 1.18 bits per heavy atom. The van der Waals surface area contributed by atoms with Crippen molar-refractivity contribution in [1.29, 1.82) is 0 Å². The van der Waals surface area contributed by atoms with E-state index in [0.717, 1.165) is 47.4 Å². The first kappa shape index (κ1) is 24.1. The Kier molecular flexibility index (Phi) is 10.7. The smallest absolute Gasteiger partial charge is 0.191 e. The van der Waals surface area contributed by atoms with Gasteiger partial charge in [0.1, 0.15) is 18.0 Å². The van der Waals surface area contributed by atoms with Gasteiger partial charge < -0.3 is 24.6 Å². The number of halogens is 1. The minimum Gasteiger partial charge on any atom is -0.497 e. The lowest BCUT2D eigenvalue weighted by Gasteiger charge is -2.13. The quantitative estimate of drug-likeness (QED) is 0.309. The first-order chi connectivity index (χ1) is 13.1. The number of rotatable bonds is 9. The molecule has 0 radical (unpaired) electrons. The van der Waals surface area contributed by atoms with E-state index in [1.807, 2.05) is 31.2 Å². The number of methoxy groups -OCH3 is 2. The second-order valence-corrected chi connectivity index (χ2v) is 6.42. The Labute approximate surface area is 184 Å². The van der Waals surface area contributed by atoms with Gasteiger partial charge in [0.25, 0.3) is 0 Å². The third-order valence-corrected chi connectivity index (χ3v) is 4.08. The average Bonchev–Trinajstić information content (AvgIpc) is 3.15. The van der Waals surface area contributed by atoms with Crippen LogP contribution < -0.4 is 20.1 Å². The van der Waals surface area contributed by atoms with Gasteiger partial charge in [-0.2, -0.15) is 0 Å². The molecule has 8 heteroatoms. The summed E-state index contributed by atoms with van der Waals surface area (Å²) in [5.74, 6) is 3.50. The van der Waals surface area contributed by atoms with Gasteiger partial charge in [0, 0.05) is 19.2 Å². The number of hydrogen-bond acceptors (Lipinski definition) is 5. The van der Waals surface area contributed by atoms with E-state index in [4.69, 9.17) is 14.0 Å². The number of nitrogens with zero attached hydrogens (tertiary/aromatic N) is 2. The van der Waals surface area contributed by atoms with Crippen LogP contribution in [-0.2, 0) is 13.0 Å². The number of aliphatic imine (C=N–C) groups is 1. The Hall–Kier alpha value is -1.97. The fraction of sp³-hybridized carbons (Fsp3) is 0.500. The molecule has 0 aliphatic rings. The maximum Gasteiger partial charge on any atom is 0.191 e. The predicted octanol–water partition coefficient (Wildman–Crippen LogP) is 3.73. The van der Waals surface area contributed by atoms with E-state index in [1.165, 1.54) is 0 Å². The highest BCUT2D eigenvalue weighted by atomic mass is 127. The first-order valence-electron chi connectivity index (χ1n) is 9.25. The molecule has 0 bridgehead atoms. The van der Waals surface area contributed by atoms with E-state index >= 15 is 0 Å². The van der Waals surface area contributed by atoms with E-state index in [1.54, 1.807) is 14.2 Å². The molecule has 2 aromatic rings. The van der Waals surface area contributed by atoms with E-state index in [9.17, 15) is 0 Å². The van der Waals surface area contributed by atoms with Crippen LogP contribution in [0.2, 0.25) is 0 Å². The van der Waals surface area contributed by atoms with Crippen LogP contribution >= 0.6 is 24.0 Å². The second-order valence-electron chi connectivity index (χ2n) is 6.42. The van der Waals surface area contributed by atoms with Crippen LogP contribution in [0.15, 0.2) is 33.8 Å². The molecule has 1 aromatic carbocycles. The molecule has 1 aromatic heterocycles. The number of aromatic nitrogens is 1. The maximum atomic E-state index is 5.43. The molecule has 0 atom stereocenters. The van der Waals surface area contributed by atoms with Crippen molar-refractivity contribution in [2.45, 2.75) is 39.7 Å². The molecule has 0 unspecified atom stereocenters. The number of benzene rings is 1. The van der Waals surface area contributed by atoms with Crippen molar-refractivity contribution in [2.75, 3.05) is 27.3 Å². The molecule has 1 heterocycles. The van der Waals surface area contributed by atoms with E-state index in [2.05, 4.69) is 34.6 Å². The number of hydrogen-bond donors (Lipinski definition) is 2. The zero-order chi connectivity index (χ0) is 19.6. The fourth-order valence-corrected chi connectivity index (χ4v) is 2.57. The largest absolute Gasteiger partial charge is 0.497 e. The van der Waals surface area contributed by atoms with Gasteiger partial charge in [-0.3, -0.25) is 0 Å². The normalized spacial score (nSPS) is 11.1. The third kappa shape index (κ3) is 7.21. The highest BCUT2D eigenvalue weighted by Gasteiger charge is 2.08. The van der Waals surface area contributed by atoms with Crippen LogP contribution in [0.3, 0.4) is 0 Å². The summed E-state index contributed by atoms with van der Waals surface area (Å²) >= 11 is 0. The Morgan fingerprint density at radius 2 is 1.96 bits per heavy atom. The molecule has 0 saturated carbocycles. The Balaban J connectivity index is 0.00000392. The summed E-state index contributed by atoms with van der Waals surface area (Å²) in [7, 11) is 3.33.